The number of aliphatic hydroxyl groups is 1. The van der Waals surface area contributed by atoms with Crippen LogP contribution in [0.3, 0.4) is 0 Å². The van der Waals surface area contributed by atoms with Gasteiger partial charge in [0.05, 0.1) is 5.02 Å². The predicted molar refractivity (Wildman–Crippen MR) is 101 cm³/mol. The van der Waals surface area contributed by atoms with Crippen LogP contribution in [0.15, 0.2) is 54.6 Å². The lowest BCUT2D eigenvalue weighted by Gasteiger charge is -2.35. The number of para-hydroxylation sites is 1. The minimum Gasteiger partial charge on any atom is -0.489 e. The number of hydrogen-bond acceptors (Lipinski definition) is 4. The van der Waals surface area contributed by atoms with Crippen LogP contribution in [0, 0.1) is 0 Å². The van der Waals surface area contributed by atoms with Crippen molar-refractivity contribution in [1.29, 1.82) is 0 Å². The second-order valence-electron chi connectivity index (χ2n) is 6.46. The molecule has 0 unspecified atom stereocenters. The van der Waals surface area contributed by atoms with Gasteiger partial charge in [-0.05, 0) is 17.7 Å². The number of nitrogens with zero attached hydrogens (tertiary/aromatic N) is 2. The Morgan fingerprint density at radius 3 is 2.28 bits per heavy atom. The third kappa shape index (κ3) is 5.72. The molecule has 2 aromatic rings. The number of β-amino-alcohol motifs (C(OH)–C–C–N with tert-alkyl or cyclic N) is 1. The fourth-order valence-corrected chi connectivity index (χ4v) is 3.26. The smallest absolute Gasteiger partial charge is 0.138 e. The third-order valence-electron chi connectivity index (χ3n) is 4.45. The highest BCUT2D eigenvalue weighted by atomic mass is 35.5. The van der Waals surface area contributed by atoms with Gasteiger partial charge in [-0.2, -0.15) is 0 Å². The SMILES string of the molecule is O[C@@H](COc1ccccc1Cl)CN1CCN(Cc2ccccc2)CC1. The average molecular weight is 361 g/mol. The Bertz CT molecular complexity index is 645. The van der Waals surface area contributed by atoms with Gasteiger partial charge in [0.15, 0.2) is 0 Å². The van der Waals surface area contributed by atoms with Crippen LogP contribution in [0.5, 0.6) is 5.75 Å². The fourth-order valence-electron chi connectivity index (χ4n) is 3.07. The number of hydrogen-bond donors (Lipinski definition) is 1. The molecule has 1 saturated heterocycles. The molecule has 1 fully saturated rings. The summed E-state index contributed by atoms with van der Waals surface area (Å²) in [5, 5.41) is 10.8. The number of aliphatic hydroxyl groups excluding tert-OH is 1. The quantitative estimate of drug-likeness (QED) is 0.823. The van der Waals surface area contributed by atoms with E-state index in [2.05, 4.69) is 34.1 Å². The molecule has 1 aliphatic heterocycles. The summed E-state index contributed by atoms with van der Waals surface area (Å²) in [6, 6.07) is 17.9. The van der Waals surface area contributed by atoms with Gasteiger partial charge in [-0.3, -0.25) is 9.80 Å². The molecule has 1 aliphatic rings. The van der Waals surface area contributed by atoms with Crippen LogP contribution >= 0.6 is 11.6 Å². The van der Waals surface area contributed by atoms with Gasteiger partial charge in [-0.15, -0.1) is 0 Å². The highest BCUT2D eigenvalue weighted by Crippen LogP contribution is 2.23. The number of ether oxygens (including phenoxy) is 1. The van der Waals surface area contributed by atoms with Crippen molar-refractivity contribution >= 4 is 11.6 Å². The molecule has 25 heavy (non-hydrogen) atoms. The van der Waals surface area contributed by atoms with Gasteiger partial charge >= 0.3 is 0 Å². The summed E-state index contributed by atoms with van der Waals surface area (Å²) in [6.07, 6.45) is -0.517. The van der Waals surface area contributed by atoms with E-state index in [1.807, 2.05) is 24.3 Å². The van der Waals surface area contributed by atoms with Gasteiger partial charge in [-0.1, -0.05) is 54.1 Å². The van der Waals surface area contributed by atoms with Crippen LogP contribution in [-0.2, 0) is 6.54 Å². The first kappa shape index (κ1) is 18.2. The van der Waals surface area contributed by atoms with E-state index >= 15 is 0 Å². The molecule has 134 valence electrons. The van der Waals surface area contributed by atoms with Crippen molar-refractivity contribution in [2.24, 2.45) is 0 Å². The summed E-state index contributed by atoms with van der Waals surface area (Å²) in [6.45, 7) is 5.86. The Morgan fingerprint density at radius 2 is 1.56 bits per heavy atom. The number of rotatable bonds is 7. The predicted octanol–water partition coefficient (Wildman–Crippen LogP) is 2.90. The van der Waals surface area contributed by atoms with Crippen LogP contribution in [-0.4, -0.2) is 60.3 Å². The van der Waals surface area contributed by atoms with Crippen molar-refractivity contribution < 1.29 is 9.84 Å². The van der Waals surface area contributed by atoms with E-state index in [0.717, 1.165) is 32.7 Å². The normalized spacial score (nSPS) is 17.4. The second-order valence-corrected chi connectivity index (χ2v) is 6.86. The first-order valence-electron chi connectivity index (χ1n) is 8.75. The molecule has 0 aromatic heterocycles. The molecule has 5 heteroatoms. The van der Waals surface area contributed by atoms with Crippen LogP contribution in [0.4, 0.5) is 0 Å². The van der Waals surface area contributed by atoms with Gasteiger partial charge in [0.2, 0.25) is 0 Å². The standard InChI is InChI=1S/C20H25ClN2O2/c21-19-8-4-5-9-20(19)25-16-18(24)15-23-12-10-22(11-13-23)14-17-6-2-1-3-7-17/h1-9,18,24H,10-16H2/t18-/m1/s1. The van der Waals surface area contributed by atoms with Crippen molar-refractivity contribution in [3.05, 3.63) is 65.2 Å². The monoisotopic (exact) mass is 360 g/mol. The second kappa shape index (κ2) is 9.20. The van der Waals surface area contributed by atoms with E-state index in [0.29, 0.717) is 17.3 Å². The van der Waals surface area contributed by atoms with E-state index in [4.69, 9.17) is 16.3 Å². The molecule has 0 saturated carbocycles. The van der Waals surface area contributed by atoms with Crippen LogP contribution in [0.2, 0.25) is 5.02 Å². The summed E-state index contributed by atoms with van der Waals surface area (Å²) in [4.78, 5) is 4.75. The molecule has 0 bridgehead atoms. The Morgan fingerprint density at radius 1 is 0.920 bits per heavy atom. The number of halogens is 1. The molecule has 1 heterocycles. The van der Waals surface area contributed by atoms with Gasteiger partial charge in [0.25, 0.3) is 0 Å². The van der Waals surface area contributed by atoms with E-state index in [-0.39, 0.29) is 6.61 Å². The lowest BCUT2D eigenvalue weighted by atomic mass is 10.2. The van der Waals surface area contributed by atoms with E-state index < -0.39 is 6.10 Å². The summed E-state index contributed by atoms with van der Waals surface area (Å²) in [7, 11) is 0. The van der Waals surface area contributed by atoms with Gasteiger partial charge in [0.1, 0.15) is 18.5 Å². The van der Waals surface area contributed by atoms with Crippen LogP contribution < -0.4 is 4.74 Å². The van der Waals surface area contributed by atoms with Gasteiger partial charge in [-0.25, -0.2) is 0 Å². The number of piperazine rings is 1. The molecular formula is C20H25ClN2O2. The van der Waals surface area contributed by atoms with E-state index in [9.17, 15) is 5.11 Å². The lowest BCUT2D eigenvalue weighted by Crippen LogP contribution is -2.48. The summed E-state index contributed by atoms with van der Waals surface area (Å²) >= 11 is 6.06. The molecule has 3 rings (SSSR count). The minimum atomic E-state index is -0.517. The topological polar surface area (TPSA) is 35.9 Å². The molecule has 0 spiro atoms. The Labute approximate surface area is 154 Å². The van der Waals surface area contributed by atoms with Crippen molar-refractivity contribution in [3.8, 4) is 5.75 Å². The molecule has 0 aliphatic carbocycles. The fraction of sp³-hybridized carbons (Fsp3) is 0.400. The van der Waals surface area contributed by atoms with Gasteiger partial charge < -0.3 is 9.84 Å². The maximum Gasteiger partial charge on any atom is 0.138 e. The molecule has 4 nitrogen and oxygen atoms in total. The van der Waals surface area contributed by atoms with Crippen LogP contribution in [0.25, 0.3) is 0 Å². The Hall–Kier alpha value is -1.59. The average Bonchev–Trinajstić information content (AvgIpc) is 2.64. The Balaban J connectivity index is 1.37. The molecule has 0 radical (unpaired) electrons. The maximum absolute atomic E-state index is 10.2. The van der Waals surface area contributed by atoms with Crippen molar-refractivity contribution in [3.63, 3.8) is 0 Å². The number of benzene rings is 2. The summed E-state index contributed by atoms with van der Waals surface area (Å²) in [5.41, 5.74) is 1.35. The zero-order valence-corrected chi connectivity index (χ0v) is 15.1. The lowest BCUT2D eigenvalue weighted by molar-refractivity contribution is 0.0446. The van der Waals surface area contributed by atoms with Crippen molar-refractivity contribution in [2.75, 3.05) is 39.3 Å². The highest BCUT2D eigenvalue weighted by molar-refractivity contribution is 6.32. The zero-order valence-electron chi connectivity index (χ0n) is 14.4. The molecule has 2 aromatic carbocycles. The minimum absolute atomic E-state index is 0.258. The van der Waals surface area contributed by atoms with E-state index in [1.54, 1.807) is 6.07 Å². The largest absolute Gasteiger partial charge is 0.489 e. The first-order chi connectivity index (χ1) is 12.2. The van der Waals surface area contributed by atoms with Crippen LogP contribution in [0.1, 0.15) is 5.56 Å². The third-order valence-corrected chi connectivity index (χ3v) is 4.76. The Kier molecular flexibility index (Phi) is 6.70. The summed E-state index contributed by atoms with van der Waals surface area (Å²) < 4.78 is 5.62. The molecule has 0 amide bonds. The van der Waals surface area contributed by atoms with Gasteiger partial charge in [0, 0.05) is 39.3 Å². The highest BCUT2D eigenvalue weighted by Gasteiger charge is 2.19. The molecule has 1 atom stereocenters. The molecule has 1 N–H and O–H groups in total. The molecular weight excluding hydrogens is 336 g/mol. The summed E-state index contributed by atoms with van der Waals surface area (Å²) in [5.74, 6) is 0.621. The van der Waals surface area contributed by atoms with E-state index in [1.165, 1.54) is 5.56 Å². The first-order valence-corrected chi connectivity index (χ1v) is 9.12. The maximum atomic E-state index is 10.2. The van der Waals surface area contributed by atoms with Crippen molar-refractivity contribution in [1.82, 2.24) is 9.80 Å². The van der Waals surface area contributed by atoms with Crippen molar-refractivity contribution in [2.45, 2.75) is 12.6 Å². The zero-order chi connectivity index (χ0) is 17.5.